The van der Waals surface area contributed by atoms with E-state index in [1.165, 1.54) is 0 Å². The Balaban J connectivity index is 2.66. The van der Waals surface area contributed by atoms with E-state index in [0.717, 1.165) is 19.1 Å². The van der Waals surface area contributed by atoms with Gasteiger partial charge in [-0.05, 0) is 19.1 Å². The normalized spacial score (nSPS) is 13.4. The van der Waals surface area contributed by atoms with Gasteiger partial charge in [0.2, 0.25) is 0 Å². The molecule has 1 unspecified atom stereocenters. The van der Waals surface area contributed by atoms with E-state index >= 15 is 0 Å². The Morgan fingerprint density at radius 2 is 1.85 bits per heavy atom. The third-order valence-electron chi connectivity index (χ3n) is 2.30. The number of benzene rings is 1. The van der Waals surface area contributed by atoms with Crippen molar-refractivity contribution in [3.05, 3.63) is 28.0 Å². The second-order valence-corrected chi connectivity index (χ2v) is 4.95. The number of hydrogen-bond donors (Lipinski definition) is 4. The maximum Gasteiger partial charge on any atom is 0.337 e. The van der Waals surface area contributed by atoms with E-state index in [2.05, 4.69) is 10.6 Å². The van der Waals surface area contributed by atoms with Crippen LogP contribution < -0.4 is 10.6 Å². The van der Waals surface area contributed by atoms with Crippen LogP contribution >= 0.6 is 23.2 Å². The van der Waals surface area contributed by atoms with Gasteiger partial charge in [0, 0.05) is 5.69 Å². The molecule has 0 aliphatic heterocycles. The Bertz CT molecular complexity index is 528. The number of aliphatic carboxylic acids is 1. The largest absolute Gasteiger partial charge is 0.479 e. The predicted octanol–water partition coefficient (Wildman–Crippen LogP) is 2.09. The van der Waals surface area contributed by atoms with Crippen molar-refractivity contribution in [2.45, 2.75) is 12.5 Å². The zero-order valence-corrected chi connectivity index (χ0v) is 11.7. The molecule has 0 aliphatic rings. The number of rotatable bonds is 4. The van der Waals surface area contributed by atoms with Crippen LogP contribution in [0.25, 0.3) is 0 Å². The quantitative estimate of drug-likeness (QED) is 0.637. The second kappa shape index (κ2) is 6.25. The van der Waals surface area contributed by atoms with Crippen molar-refractivity contribution in [1.82, 2.24) is 5.32 Å². The van der Waals surface area contributed by atoms with Gasteiger partial charge in [-0.3, -0.25) is 0 Å². The van der Waals surface area contributed by atoms with E-state index in [0.29, 0.717) is 0 Å². The molecule has 4 N–H and O–H groups in total. The molecule has 0 heterocycles. The van der Waals surface area contributed by atoms with Gasteiger partial charge < -0.3 is 20.8 Å². The smallest absolute Gasteiger partial charge is 0.337 e. The van der Waals surface area contributed by atoms with Crippen LogP contribution in [0.4, 0.5) is 14.9 Å². The first kappa shape index (κ1) is 16.5. The number of nitrogens with one attached hydrogen (secondary N) is 2. The molecule has 0 aliphatic carbocycles. The van der Waals surface area contributed by atoms with Gasteiger partial charge in [-0.1, -0.05) is 23.2 Å². The summed E-state index contributed by atoms with van der Waals surface area (Å²) in [5.74, 6) is -2.29. The van der Waals surface area contributed by atoms with Crippen LogP contribution in [-0.4, -0.2) is 34.4 Å². The molecule has 0 spiro atoms. The average Bonchev–Trinajstić information content (AvgIpc) is 2.33. The topological polar surface area (TPSA) is 98.7 Å². The lowest BCUT2D eigenvalue weighted by atomic mass is 10.1. The van der Waals surface area contributed by atoms with Gasteiger partial charge >= 0.3 is 12.0 Å². The first-order chi connectivity index (χ1) is 9.13. The number of anilines is 1. The van der Waals surface area contributed by atoms with Crippen molar-refractivity contribution >= 4 is 40.9 Å². The van der Waals surface area contributed by atoms with Crippen molar-refractivity contribution in [2.75, 3.05) is 11.9 Å². The number of amides is 2. The molecule has 0 radical (unpaired) electrons. The third-order valence-corrected chi connectivity index (χ3v) is 2.85. The summed E-state index contributed by atoms with van der Waals surface area (Å²) >= 11 is 11.1. The lowest BCUT2D eigenvalue weighted by Gasteiger charge is -2.18. The fourth-order valence-corrected chi connectivity index (χ4v) is 1.62. The van der Waals surface area contributed by atoms with Gasteiger partial charge in [0.1, 0.15) is 0 Å². The highest BCUT2D eigenvalue weighted by atomic mass is 35.5. The molecular weight excluding hydrogens is 314 g/mol. The van der Waals surface area contributed by atoms with E-state index in [1.54, 1.807) is 0 Å². The first-order valence-corrected chi connectivity index (χ1v) is 6.04. The fourth-order valence-electron chi connectivity index (χ4n) is 1.13. The second-order valence-electron chi connectivity index (χ2n) is 4.14. The molecule has 2 amide bonds. The van der Waals surface area contributed by atoms with Crippen molar-refractivity contribution in [2.24, 2.45) is 0 Å². The predicted molar refractivity (Wildman–Crippen MR) is 71.7 cm³/mol. The zero-order valence-electron chi connectivity index (χ0n) is 10.2. The van der Waals surface area contributed by atoms with Crippen LogP contribution in [0.1, 0.15) is 6.92 Å². The molecule has 0 fully saturated rings. The Morgan fingerprint density at radius 3 is 2.30 bits per heavy atom. The number of carbonyl (C=O) groups is 2. The van der Waals surface area contributed by atoms with Gasteiger partial charge in [0.25, 0.3) is 0 Å². The minimum Gasteiger partial charge on any atom is -0.479 e. The molecule has 1 aromatic carbocycles. The van der Waals surface area contributed by atoms with Crippen LogP contribution in [0.2, 0.25) is 10.0 Å². The average molecular weight is 325 g/mol. The molecule has 0 saturated heterocycles. The summed E-state index contributed by atoms with van der Waals surface area (Å²) in [6.07, 6.45) is 0. The summed E-state index contributed by atoms with van der Waals surface area (Å²) in [7, 11) is 0. The van der Waals surface area contributed by atoms with Gasteiger partial charge in [0.15, 0.2) is 11.4 Å². The van der Waals surface area contributed by atoms with E-state index in [9.17, 15) is 19.1 Å². The van der Waals surface area contributed by atoms with Crippen molar-refractivity contribution < 1.29 is 24.2 Å². The highest BCUT2D eigenvalue weighted by molar-refractivity contribution is 6.35. The molecule has 6 nitrogen and oxygen atoms in total. The summed E-state index contributed by atoms with van der Waals surface area (Å²) in [6, 6.07) is 1.47. The highest BCUT2D eigenvalue weighted by Crippen LogP contribution is 2.27. The van der Waals surface area contributed by atoms with Crippen molar-refractivity contribution in [3.63, 3.8) is 0 Å². The SMILES string of the molecule is CC(O)(CNC(=O)Nc1cc(Cl)c(F)c(Cl)c1)C(=O)O. The molecule has 1 atom stereocenters. The summed E-state index contributed by atoms with van der Waals surface area (Å²) in [5, 5.41) is 21.9. The molecule has 110 valence electrons. The standard InChI is InChI=1S/C11H11Cl2FN2O4/c1-11(20,9(17)18)4-15-10(19)16-5-2-6(12)8(14)7(13)3-5/h2-3,20H,4H2,1H3,(H,17,18)(H2,15,16,19). The van der Waals surface area contributed by atoms with Crippen LogP contribution in [0.5, 0.6) is 0 Å². The maximum absolute atomic E-state index is 13.2. The third kappa shape index (κ3) is 4.22. The molecule has 0 aromatic heterocycles. The van der Waals surface area contributed by atoms with Gasteiger partial charge in [-0.25, -0.2) is 14.0 Å². The molecule has 1 rings (SSSR count). The van der Waals surface area contributed by atoms with Crippen LogP contribution in [0, 0.1) is 5.82 Å². The number of aliphatic hydroxyl groups is 1. The fraction of sp³-hybridized carbons (Fsp3) is 0.273. The molecule has 1 aromatic rings. The highest BCUT2D eigenvalue weighted by Gasteiger charge is 2.30. The van der Waals surface area contributed by atoms with Crippen LogP contribution in [-0.2, 0) is 4.79 Å². The molecule has 0 bridgehead atoms. The van der Waals surface area contributed by atoms with Crippen molar-refractivity contribution in [1.29, 1.82) is 0 Å². The summed E-state index contributed by atoms with van der Waals surface area (Å²) in [5.41, 5.74) is -1.98. The van der Waals surface area contributed by atoms with Gasteiger partial charge in [0.05, 0.1) is 16.6 Å². The first-order valence-electron chi connectivity index (χ1n) is 5.28. The van der Waals surface area contributed by atoms with E-state index in [4.69, 9.17) is 28.3 Å². The van der Waals surface area contributed by atoms with E-state index in [1.807, 2.05) is 0 Å². The number of urea groups is 1. The summed E-state index contributed by atoms with van der Waals surface area (Å²) in [4.78, 5) is 22.1. The van der Waals surface area contributed by atoms with E-state index in [-0.39, 0.29) is 15.7 Å². The van der Waals surface area contributed by atoms with Gasteiger partial charge in [-0.15, -0.1) is 0 Å². The number of carboxylic acids is 1. The Morgan fingerprint density at radius 1 is 1.35 bits per heavy atom. The minimum atomic E-state index is -2.10. The lowest BCUT2D eigenvalue weighted by molar-refractivity contribution is -0.155. The van der Waals surface area contributed by atoms with Crippen molar-refractivity contribution in [3.8, 4) is 0 Å². The Labute approximate surface area is 123 Å². The molecule has 20 heavy (non-hydrogen) atoms. The summed E-state index contributed by atoms with van der Waals surface area (Å²) in [6.45, 7) is 0.512. The Hall–Kier alpha value is -1.57. The van der Waals surface area contributed by atoms with Crippen LogP contribution in [0.15, 0.2) is 12.1 Å². The number of carboxylic acid groups (broad SMARTS) is 1. The van der Waals surface area contributed by atoms with E-state index < -0.39 is 30.0 Å². The van der Waals surface area contributed by atoms with Gasteiger partial charge in [-0.2, -0.15) is 0 Å². The minimum absolute atomic E-state index is 0.119. The molecular formula is C11H11Cl2FN2O4. The Kier molecular flexibility index (Phi) is 5.15. The number of carbonyl (C=O) groups excluding carboxylic acids is 1. The molecule has 0 saturated carbocycles. The maximum atomic E-state index is 13.2. The number of hydrogen-bond acceptors (Lipinski definition) is 3. The zero-order chi connectivity index (χ0) is 15.5. The number of halogens is 3. The lowest BCUT2D eigenvalue weighted by Crippen LogP contribution is -2.47. The van der Waals surface area contributed by atoms with Crippen LogP contribution in [0.3, 0.4) is 0 Å². The molecule has 9 heteroatoms. The summed E-state index contributed by atoms with van der Waals surface area (Å²) < 4.78 is 13.2. The monoisotopic (exact) mass is 324 g/mol.